The molecule has 1 heterocycles. The number of aryl methyl sites for hydroxylation is 1. The van der Waals surface area contributed by atoms with Crippen molar-refractivity contribution in [1.29, 1.82) is 0 Å². The van der Waals surface area contributed by atoms with Gasteiger partial charge in [0.1, 0.15) is 0 Å². The number of nitrogens with zero attached hydrogens (tertiary/aromatic N) is 1. The number of aromatic nitrogens is 1. The van der Waals surface area contributed by atoms with Gasteiger partial charge in [0, 0.05) is 23.6 Å². The second-order valence-corrected chi connectivity index (χ2v) is 5.46. The number of hydrogen-bond donors (Lipinski definition) is 1. The summed E-state index contributed by atoms with van der Waals surface area (Å²) in [5.41, 5.74) is 5.05. The minimum absolute atomic E-state index is 0.162. The Labute approximate surface area is 128 Å². The van der Waals surface area contributed by atoms with Gasteiger partial charge in [-0.2, -0.15) is 0 Å². The molecule has 1 N–H and O–H groups in total. The molecular formula is C19H24N2. The van der Waals surface area contributed by atoms with Crippen molar-refractivity contribution in [3.8, 4) is 18.0 Å². The molecule has 0 bridgehead atoms. The number of benzene rings is 1. The molecule has 2 heteroatoms. The summed E-state index contributed by atoms with van der Waals surface area (Å²) >= 11 is 0. The lowest BCUT2D eigenvalue weighted by atomic mass is 10.1. The smallest absolute Gasteiger partial charge is 0.0689 e. The van der Waals surface area contributed by atoms with E-state index in [2.05, 4.69) is 66.9 Å². The molecule has 1 aromatic carbocycles. The largest absolute Gasteiger partial charge is 0.318 e. The molecule has 0 fully saturated rings. The molecule has 1 atom stereocenters. The Morgan fingerprint density at radius 1 is 1.24 bits per heavy atom. The van der Waals surface area contributed by atoms with Crippen molar-refractivity contribution in [2.45, 2.75) is 46.2 Å². The first-order chi connectivity index (χ1) is 10.2. The summed E-state index contributed by atoms with van der Waals surface area (Å²) in [5, 5.41) is 3.47. The highest BCUT2D eigenvalue weighted by molar-refractivity contribution is 5.40. The molecule has 21 heavy (non-hydrogen) atoms. The van der Waals surface area contributed by atoms with Crippen molar-refractivity contribution in [1.82, 2.24) is 9.88 Å². The van der Waals surface area contributed by atoms with E-state index >= 15 is 0 Å². The Bertz CT molecular complexity index is 617. The van der Waals surface area contributed by atoms with Gasteiger partial charge in [-0.15, -0.1) is 6.42 Å². The maximum absolute atomic E-state index is 5.57. The van der Waals surface area contributed by atoms with Crippen LogP contribution in [0.1, 0.15) is 36.7 Å². The van der Waals surface area contributed by atoms with E-state index in [1.54, 1.807) is 0 Å². The summed E-state index contributed by atoms with van der Waals surface area (Å²) in [5.74, 6) is 2.83. The molecule has 0 saturated carbocycles. The van der Waals surface area contributed by atoms with E-state index in [0.717, 1.165) is 19.4 Å². The lowest BCUT2D eigenvalue weighted by Gasteiger charge is -2.13. The zero-order valence-corrected chi connectivity index (χ0v) is 13.2. The number of para-hydroxylation sites is 1. The molecule has 0 aliphatic rings. The second kappa shape index (κ2) is 7.15. The van der Waals surface area contributed by atoms with Crippen LogP contribution in [0.4, 0.5) is 0 Å². The fraction of sp³-hybridized carbons (Fsp3) is 0.368. The third-order valence-corrected chi connectivity index (χ3v) is 3.87. The summed E-state index contributed by atoms with van der Waals surface area (Å²) in [6, 6.07) is 12.9. The first kappa shape index (κ1) is 15.4. The van der Waals surface area contributed by atoms with Gasteiger partial charge in [0.2, 0.25) is 0 Å². The predicted octanol–water partition coefficient (Wildman–Crippen LogP) is 3.99. The summed E-state index contributed by atoms with van der Waals surface area (Å²) in [7, 11) is 0. The SMILES string of the molecule is C#CC(CCC)NCc1cc(C)n(-c2ccccc2)c1C. The van der Waals surface area contributed by atoms with E-state index in [4.69, 9.17) is 6.42 Å². The van der Waals surface area contributed by atoms with Crippen molar-refractivity contribution in [3.63, 3.8) is 0 Å². The van der Waals surface area contributed by atoms with Crippen molar-refractivity contribution < 1.29 is 0 Å². The van der Waals surface area contributed by atoms with Crippen LogP contribution in [0.5, 0.6) is 0 Å². The molecule has 1 aromatic heterocycles. The fourth-order valence-electron chi connectivity index (χ4n) is 2.75. The van der Waals surface area contributed by atoms with E-state index in [9.17, 15) is 0 Å². The molecule has 2 aromatic rings. The topological polar surface area (TPSA) is 17.0 Å². The molecule has 0 radical (unpaired) electrons. The van der Waals surface area contributed by atoms with Gasteiger partial charge in [-0.25, -0.2) is 0 Å². The number of nitrogens with one attached hydrogen (secondary N) is 1. The van der Waals surface area contributed by atoms with Crippen molar-refractivity contribution >= 4 is 0 Å². The minimum atomic E-state index is 0.162. The van der Waals surface area contributed by atoms with Crippen LogP contribution in [0.3, 0.4) is 0 Å². The molecule has 2 rings (SSSR count). The highest BCUT2D eigenvalue weighted by atomic mass is 15.0. The standard InChI is InChI=1S/C19H24N2/c1-5-10-18(6-2)20-14-17-13-15(3)21(16(17)4)19-11-8-7-9-12-19/h2,7-9,11-13,18,20H,5,10,14H2,1,3-4H3. The van der Waals surface area contributed by atoms with E-state index in [-0.39, 0.29) is 6.04 Å². The maximum Gasteiger partial charge on any atom is 0.0689 e. The molecule has 2 nitrogen and oxygen atoms in total. The maximum atomic E-state index is 5.57. The third-order valence-electron chi connectivity index (χ3n) is 3.87. The Kier molecular flexibility index (Phi) is 5.25. The Hall–Kier alpha value is -1.98. The Morgan fingerprint density at radius 3 is 2.57 bits per heavy atom. The second-order valence-electron chi connectivity index (χ2n) is 5.46. The van der Waals surface area contributed by atoms with Gasteiger partial charge < -0.3 is 4.57 Å². The van der Waals surface area contributed by atoms with Crippen molar-refractivity contribution in [3.05, 3.63) is 53.3 Å². The van der Waals surface area contributed by atoms with Crippen molar-refractivity contribution in [2.75, 3.05) is 0 Å². The van der Waals surface area contributed by atoms with Crippen LogP contribution in [-0.2, 0) is 6.54 Å². The molecule has 0 amide bonds. The van der Waals surface area contributed by atoms with Crippen LogP contribution in [0.25, 0.3) is 5.69 Å². The quantitative estimate of drug-likeness (QED) is 0.792. The number of rotatable bonds is 6. The Balaban J connectivity index is 2.18. The van der Waals surface area contributed by atoms with Crippen LogP contribution < -0.4 is 5.32 Å². The average Bonchev–Trinajstić information content (AvgIpc) is 2.78. The zero-order valence-electron chi connectivity index (χ0n) is 13.2. The van der Waals surface area contributed by atoms with E-state index in [0.29, 0.717) is 0 Å². The van der Waals surface area contributed by atoms with E-state index < -0.39 is 0 Å². The number of terminal acetylenes is 1. The van der Waals surface area contributed by atoms with Gasteiger partial charge in [-0.1, -0.05) is 37.5 Å². The van der Waals surface area contributed by atoms with Gasteiger partial charge in [0.15, 0.2) is 0 Å². The first-order valence-corrected chi connectivity index (χ1v) is 7.60. The molecule has 0 aliphatic heterocycles. The van der Waals surface area contributed by atoms with Crippen LogP contribution in [-0.4, -0.2) is 10.6 Å². The van der Waals surface area contributed by atoms with E-state index in [1.165, 1.54) is 22.6 Å². The lowest BCUT2D eigenvalue weighted by Crippen LogP contribution is -2.26. The zero-order chi connectivity index (χ0) is 15.2. The average molecular weight is 280 g/mol. The summed E-state index contributed by atoms with van der Waals surface area (Å²) < 4.78 is 2.29. The Morgan fingerprint density at radius 2 is 1.95 bits per heavy atom. The molecule has 1 unspecified atom stereocenters. The molecular weight excluding hydrogens is 256 g/mol. The fourth-order valence-corrected chi connectivity index (χ4v) is 2.75. The monoisotopic (exact) mass is 280 g/mol. The van der Waals surface area contributed by atoms with Crippen LogP contribution in [0.15, 0.2) is 36.4 Å². The third kappa shape index (κ3) is 3.56. The summed E-state index contributed by atoms with van der Waals surface area (Å²) in [6.07, 6.45) is 7.69. The normalized spacial score (nSPS) is 12.1. The van der Waals surface area contributed by atoms with Crippen molar-refractivity contribution in [2.24, 2.45) is 0 Å². The molecule has 0 spiro atoms. The van der Waals surface area contributed by atoms with Gasteiger partial charge in [-0.05, 0) is 44.0 Å². The van der Waals surface area contributed by atoms with Gasteiger partial charge in [-0.3, -0.25) is 5.32 Å². The molecule has 0 aliphatic carbocycles. The summed E-state index contributed by atoms with van der Waals surface area (Å²) in [6.45, 7) is 7.30. The summed E-state index contributed by atoms with van der Waals surface area (Å²) in [4.78, 5) is 0. The van der Waals surface area contributed by atoms with Gasteiger partial charge in [0.05, 0.1) is 6.04 Å². The predicted molar refractivity (Wildman–Crippen MR) is 89.6 cm³/mol. The number of hydrogen-bond acceptors (Lipinski definition) is 1. The van der Waals surface area contributed by atoms with Crippen LogP contribution in [0.2, 0.25) is 0 Å². The molecule has 0 saturated heterocycles. The van der Waals surface area contributed by atoms with Gasteiger partial charge >= 0.3 is 0 Å². The highest BCUT2D eigenvalue weighted by Crippen LogP contribution is 2.20. The minimum Gasteiger partial charge on any atom is -0.318 e. The van der Waals surface area contributed by atoms with E-state index in [1.807, 2.05) is 6.07 Å². The highest BCUT2D eigenvalue weighted by Gasteiger charge is 2.11. The van der Waals surface area contributed by atoms with Crippen LogP contribution in [0, 0.1) is 26.2 Å². The molecule has 110 valence electrons. The van der Waals surface area contributed by atoms with Gasteiger partial charge in [0.25, 0.3) is 0 Å². The lowest BCUT2D eigenvalue weighted by molar-refractivity contribution is 0.562. The van der Waals surface area contributed by atoms with Crippen LogP contribution >= 0.6 is 0 Å². The first-order valence-electron chi connectivity index (χ1n) is 7.60.